The first-order valence-electron chi connectivity index (χ1n) is 14.4. The van der Waals surface area contributed by atoms with E-state index < -0.39 is 5.97 Å². The van der Waals surface area contributed by atoms with Crippen molar-refractivity contribution in [1.82, 2.24) is 10.1 Å². The van der Waals surface area contributed by atoms with Crippen molar-refractivity contribution in [1.29, 1.82) is 0 Å². The predicted octanol–water partition coefficient (Wildman–Crippen LogP) is 7.76. The molecular weight excluding hydrogens is 581 g/mol. The fraction of sp³-hybridized carbons (Fsp3) is 0.452. The van der Waals surface area contributed by atoms with Crippen molar-refractivity contribution < 1.29 is 28.7 Å². The fourth-order valence-corrected chi connectivity index (χ4v) is 6.71. The second kappa shape index (κ2) is 11.8. The van der Waals surface area contributed by atoms with Crippen molar-refractivity contribution in [3.05, 3.63) is 63.3 Å². The fourth-order valence-electron chi connectivity index (χ4n) is 6.13. The molecule has 222 valence electrons. The third-order valence-corrected chi connectivity index (χ3v) is 8.82. The monoisotopic (exact) mass is 613 g/mol. The molecule has 2 unspecified atom stereocenters. The van der Waals surface area contributed by atoms with Crippen LogP contribution in [0.3, 0.4) is 0 Å². The molecular formula is C31H33Cl2N3O6. The molecule has 6 rings (SSSR count). The van der Waals surface area contributed by atoms with E-state index in [0.717, 1.165) is 37.0 Å². The number of anilines is 1. The van der Waals surface area contributed by atoms with Crippen LogP contribution in [0.4, 0.5) is 10.5 Å². The number of ether oxygens (including phenoxy) is 2. The number of nitrogens with one attached hydrogen (secondary N) is 1. The van der Waals surface area contributed by atoms with Crippen LogP contribution in [0.5, 0.6) is 5.75 Å². The van der Waals surface area contributed by atoms with Crippen LogP contribution in [0.2, 0.25) is 10.0 Å². The van der Waals surface area contributed by atoms with E-state index in [4.69, 9.17) is 37.2 Å². The number of fused-ring (bicyclic) bond motifs is 2. The zero-order valence-corrected chi connectivity index (χ0v) is 25.0. The summed E-state index contributed by atoms with van der Waals surface area (Å²) in [5, 5.41) is 17.7. The van der Waals surface area contributed by atoms with Gasteiger partial charge >= 0.3 is 12.0 Å². The average Bonchev–Trinajstić information content (AvgIpc) is 3.64. The summed E-state index contributed by atoms with van der Waals surface area (Å²) < 4.78 is 18.1. The van der Waals surface area contributed by atoms with Crippen LogP contribution in [-0.4, -0.2) is 51.5 Å². The zero-order valence-electron chi connectivity index (χ0n) is 23.4. The Hall–Kier alpha value is -3.27. The first kappa shape index (κ1) is 28.8. The van der Waals surface area contributed by atoms with E-state index in [-0.39, 0.29) is 35.9 Å². The number of aromatic nitrogens is 1. The number of rotatable bonds is 9. The molecule has 3 aliphatic rings. The highest BCUT2D eigenvalue weighted by molar-refractivity contribution is 6.39. The Morgan fingerprint density at radius 2 is 1.79 bits per heavy atom. The highest BCUT2D eigenvalue weighted by atomic mass is 35.5. The number of carboxylic acid groups (broad SMARTS) is 1. The number of benzene rings is 2. The van der Waals surface area contributed by atoms with Crippen molar-refractivity contribution in [2.45, 2.75) is 89.2 Å². The molecule has 1 aliphatic carbocycles. The number of hydrogen-bond acceptors (Lipinski definition) is 6. The topological polar surface area (TPSA) is 114 Å². The molecule has 3 aromatic rings. The van der Waals surface area contributed by atoms with Gasteiger partial charge in [0.1, 0.15) is 17.2 Å². The molecule has 9 nitrogen and oxygen atoms in total. The lowest BCUT2D eigenvalue weighted by Gasteiger charge is -2.38. The van der Waals surface area contributed by atoms with Crippen LogP contribution in [-0.2, 0) is 11.3 Å². The minimum atomic E-state index is -1.06. The molecule has 2 aliphatic heterocycles. The van der Waals surface area contributed by atoms with Crippen LogP contribution < -0.4 is 10.1 Å². The normalized spacial score (nSPS) is 21.5. The maximum absolute atomic E-state index is 13.5. The molecule has 11 heteroatoms. The van der Waals surface area contributed by atoms with Gasteiger partial charge in [0.2, 0.25) is 0 Å². The second-order valence-electron chi connectivity index (χ2n) is 11.6. The Bertz CT molecular complexity index is 1470. The molecule has 1 saturated carbocycles. The van der Waals surface area contributed by atoms with E-state index in [9.17, 15) is 14.7 Å². The van der Waals surface area contributed by atoms with Gasteiger partial charge in [-0.2, -0.15) is 0 Å². The summed E-state index contributed by atoms with van der Waals surface area (Å²) in [6.07, 6.45) is 5.11. The first-order chi connectivity index (χ1) is 20.2. The molecule has 2 bridgehead atoms. The Morgan fingerprint density at radius 3 is 2.40 bits per heavy atom. The van der Waals surface area contributed by atoms with Gasteiger partial charge in [-0.25, -0.2) is 9.59 Å². The molecule has 0 radical (unpaired) electrons. The minimum Gasteiger partial charge on any atom is -0.489 e. The van der Waals surface area contributed by atoms with Gasteiger partial charge in [0.25, 0.3) is 0 Å². The van der Waals surface area contributed by atoms with Crippen LogP contribution in [0, 0.1) is 0 Å². The summed E-state index contributed by atoms with van der Waals surface area (Å²) in [4.78, 5) is 26.9. The quantitative estimate of drug-likeness (QED) is 0.253. The van der Waals surface area contributed by atoms with E-state index in [1.807, 2.05) is 18.7 Å². The van der Waals surface area contributed by atoms with Crippen molar-refractivity contribution in [2.24, 2.45) is 0 Å². The Morgan fingerprint density at radius 1 is 1.10 bits per heavy atom. The van der Waals surface area contributed by atoms with Gasteiger partial charge in [-0.15, -0.1) is 0 Å². The number of nitrogens with zero attached hydrogens (tertiary/aromatic N) is 2. The van der Waals surface area contributed by atoms with Crippen LogP contribution in [0.15, 0.2) is 40.9 Å². The van der Waals surface area contributed by atoms with Gasteiger partial charge in [-0.3, -0.25) is 0 Å². The van der Waals surface area contributed by atoms with E-state index in [1.165, 1.54) is 12.1 Å². The highest BCUT2D eigenvalue weighted by Crippen LogP contribution is 2.46. The molecule has 2 N–H and O–H groups in total. The third-order valence-electron chi connectivity index (χ3n) is 8.19. The molecule has 2 saturated heterocycles. The van der Waals surface area contributed by atoms with Gasteiger partial charge in [-0.1, -0.05) is 34.4 Å². The lowest BCUT2D eigenvalue weighted by Crippen LogP contribution is -2.50. The van der Waals surface area contributed by atoms with E-state index in [0.29, 0.717) is 58.1 Å². The number of urea groups is 1. The smallest absolute Gasteiger partial charge is 0.335 e. The standard InChI is InChI=1S/C31H33Cl2N3O6/c1-16(2)41-26-12-18(30(37)38)8-11-25(26)34-31(39)36-19-9-10-20(36)14-21(13-19)40-15-22-28(35-42-29(22)17-6-7-17)27-23(32)4-3-5-24(27)33/h3-5,8,11-12,16-17,19-21H,6-7,9-10,13-15H2,1-2H3,(H,34,39)(H,37,38)/t19-,20?,21?/m0/s1. The summed E-state index contributed by atoms with van der Waals surface area (Å²) in [6, 6.07) is 9.70. The van der Waals surface area contributed by atoms with Gasteiger partial charge < -0.3 is 29.3 Å². The van der Waals surface area contributed by atoms with Crippen LogP contribution in [0.1, 0.15) is 80.0 Å². The van der Waals surface area contributed by atoms with Gasteiger partial charge in [0.15, 0.2) is 0 Å². The summed E-state index contributed by atoms with van der Waals surface area (Å²) in [5.41, 5.74) is 2.71. The first-order valence-corrected chi connectivity index (χ1v) is 15.1. The Balaban J connectivity index is 1.15. The average molecular weight is 615 g/mol. The number of halogens is 2. The van der Waals surface area contributed by atoms with Gasteiger partial charge in [0, 0.05) is 29.1 Å². The maximum atomic E-state index is 13.5. The van der Waals surface area contributed by atoms with Gasteiger partial charge in [0.05, 0.1) is 40.1 Å². The lowest BCUT2D eigenvalue weighted by atomic mass is 9.99. The number of amides is 2. The van der Waals surface area contributed by atoms with Crippen molar-refractivity contribution in [2.75, 3.05) is 5.32 Å². The summed E-state index contributed by atoms with van der Waals surface area (Å²) in [6.45, 7) is 4.03. The van der Waals surface area contributed by atoms with Crippen LogP contribution in [0.25, 0.3) is 11.3 Å². The maximum Gasteiger partial charge on any atom is 0.335 e. The molecule has 2 amide bonds. The number of carbonyl (C=O) groups is 2. The number of hydrogen-bond donors (Lipinski definition) is 2. The van der Waals surface area contributed by atoms with Crippen molar-refractivity contribution >= 4 is 40.9 Å². The molecule has 42 heavy (non-hydrogen) atoms. The van der Waals surface area contributed by atoms with Gasteiger partial charge in [-0.05, 0) is 82.7 Å². The molecule has 1 aromatic heterocycles. The molecule has 2 aromatic carbocycles. The third kappa shape index (κ3) is 5.82. The Labute approximate surface area is 254 Å². The van der Waals surface area contributed by atoms with E-state index >= 15 is 0 Å². The molecule has 3 fully saturated rings. The minimum absolute atomic E-state index is 0.0299. The summed E-state index contributed by atoms with van der Waals surface area (Å²) in [5.74, 6) is 0.452. The number of piperidine rings is 1. The number of aromatic carboxylic acids is 1. The Kier molecular flexibility index (Phi) is 8.09. The summed E-state index contributed by atoms with van der Waals surface area (Å²) >= 11 is 13.0. The summed E-state index contributed by atoms with van der Waals surface area (Å²) in [7, 11) is 0. The SMILES string of the molecule is CC(C)Oc1cc(C(=O)O)ccc1NC(=O)N1C2CC[C@H]1CC(OCc1c(-c3c(Cl)cccc3Cl)noc1C1CC1)C2. The lowest BCUT2D eigenvalue weighted by molar-refractivity contribution is -0.0158. The largest absolute Gasteiger partial charge is 0.489 e. The number of carbonyl (C=O) groups excluding carboxylic acids is 1. The number of carboxylic acids is 1. The van der Waals surface area contributed by atoms with Crippen molar-refractivity contribution in [3.8, 4) is 17.0 Å². The predicted molar refractivity (Wildman–Crippen MR) is 159 cm³/mol. The molecule has 0 spiro atoms. The van der Waals surface area contributed by atoms with Crippen LogP contribution >= 0.6 is 23.2 Å². The van der Waals surface area contributed by atoms with Crippen molar-refractivity contribution in [3.63, 3.8) is 0 Å². The zero-order chi connectivity index (χ0) is 29.5. The molecule has 3 atom stereocenters. The van der Waals surface area contributed by atoms with E-state index in [1.54, 1.807) is 24.3 Å². The molecule has 3 heterocycles. The van der Waals surface area contributed by atoms with E-state index in [2.05, 4.69) is 10.5 Å². The highest BCUT2D eigenvalue weighted by Gasteiger charge is 2.44. The second-order valence-corrected chi connectivity index (χ2v) is 12.4.